The SMILES string of the molecule is CCn1c(CO)nnc1-c1ccc(F)c(C)c1. The Kier molecular flexibility index (Phi) is 3.19. The van der Waals surface area contributed by atoms with Crippen molar-refractivity contribution < 1.29 is 9.50 Å². The molecule has 90 valence electrons. The van der Waals surface area contributed by atoms with E-state index < -0.39 is 0 Å². The van der Waals surface area contributed by atoms with E-state index in [0.29, 0.717) is 23.8 Å². The number of benzene rings is 1. The van der Waals surface area contributed by atoms with Crippen molar-refractivity contribution >= 4 is 0 Å². The molecule has 0 radical (unpaired) electrons. The third kappa shape index (κ3) is 2.06. The molecular weight excluding hydrogens is 221 g/mol. The van der Waals surface area contributed by atoms with Crippen LogP contribution < -0.4 is 0 Å². The summed E-state index contributed by atoms with van der Waals surface area (Å²) in [6, 6.07) is 4.81. The van der Waals surface area contributed by atoms with Gasteiger partial charge in [-0.15, -0.1) is 10.2 Å². The third-order valence-corrected chi connectivity index (χ3v) is 2.70. The summed E-state index contributed by atoms with van der Waals surface area (Å²) in [4.78, 5) is 0. The zero-order chi connectivity index (χ0) is 12.4. The van der Waals surface area contributed by atoms with Gasteiger partial charge < -0.3 is 9.67 Å². The monoisotopic (exact) mass is 235 g/mol. The molecule has 0 amide bonds. The van der Waals surface area contributed by atoms with E-state index in [2.05, 4.69) is 10.2 Å². The summed E-state index contributed by atoms with van der Waals surface area (Å²) in [6.07, 6.45) is 0. The van der Waals surface area contributed by atoms with Crippen molar-refractivity contribution in [2.45, 2.75) is 27.0 Å². The average Bonchev–Trinajstić information content (AvgIpc) is 2.75. The zero-order valence-electron chi connectivity index (χ0n) is 9.81. The summed E-state index contributed by atoms with van der Waals surface area (Å²) in [5.74, 6) is 0.933. The fraction of sp³-hybridized carbons (Fsp3) is 0.333. The maximum atomic E-state index is 13.2. The van der Waals surface area contributed by atoms with Crippen LogP contribution in [0.3, 0.4) is 0 Å². The number of halogens is 1. The fourth-order valence-corrected chi connectivity index (χ4v) is 1.78. The van der Waals surface area contributed by atoms with Gasteiger partial charge in [0, 0.05) is 12.1 Å². The summed E-state index contributed by atoms with van der Waals surface area (Å²) in [5.41, 5.74) is 1.37. The first kappa shape index (κ1) is 11.7. The number of aromatic nitrogens is 3. The average molecular weight is 235 g/mol. The second-order valence-electron chi connectivity index (χ2n) is 3.81. The van der Waals surface area contributed by atoms with Gasteiger partial charge in [-0.05, 0) is 37.6 Å². The molecule has 0 saturated heterocycles. The normalized spacial score (nSPS) is 10.8. The maximum absolute atomic E-state index is 13.2. The number of aliphatic hydroxyl groups is 1. The van der Waals surface area contributed by atoms with Crippen molar-refractivity contribution in [3.8, 4) is 11.4 Å². The Morgan fingerprint density at radius 2 is 2.12 bits per heavy atom. The summed E-state index contributed by atoms with van der Waals surface area (Å²) in [5, 5.41) is 17.1. The molecule has 17 heavy (non-hydrogen) atoms. The smallest absolute Gasteiger partial charge is 0.164 e. The molecule has 0 aliphatic carbocycles. The van der Waals surface area contributed by atoms with Crippen LogP contribution in [0, 0.1) is 12.7 Å². The Bertz CT molecular complexity index is 537. The van der Waals surface area contributed by atoms with Gasteiger partial charge in [0.2, 0.25) is 0 Å². The van der Waals surface area contributed by atoms with Crippen molar-refractivity contribution in [2.75, 3.05) is 0 Å². The Morgan fingerprint density at radius 3 is 2.71 bits per heavy atom. The minimum Gasteiger partial charge on any atom is -0.388 e. The number of nitrogens with zero attached hydrogens (tertiary/aromatic N) is 3. The van der Waals surface area contributed by atoms with E-state index in [4.69, 9.17) is 5.11 Å². The molecule has 0 aliphatic rings. The maximum Gasteiger partial charge on any atom is 0.164 e. The first-order valence-corrected chi connectivity index (χ1v) is 5.46. The quantitative estimate of drug-likeness (QED) is 0.884. The molecule has 0 atom stereocenters. The standard InChI is InChI=1S/C12H14FN3O/c1-3-16-11(7-17)14-15-12(16)9-4-5-10(13)8(2)6-9/h4-6,17H,3,7H2,1-2H3. The lowest BCUT2D eigenvalue weighted by molar-refractivity contribution is 0.265. The van der Waals surface area contributed by atoms with E-state index in [-0.39, 0.29) is 12.4 Å². The van der Waals surface area contributed by atoms with Gasteiger partial charge in [0.05, 0.1) is 0 Å². The zero-order valence-corrected chi connectivity index (χ0v) is 9.81. The Labute approximate surface area is 98.7 Å². The molecule has 0 fully saturated rings. The number of hydrogen-bond acceptors (Lipinski definition) is 3. The van der Waals surface area contributed by atoms with Gasteiger partial charge in [0.1, 0.15) is 12.4 Å². The van der Waals surface area contributed by atoms with Crippen molar-refractivity contribution in [2.24, 2.45) is 0 Å². The van der Waals surface area contributed by atoms with Crippen LogP contribution in [0.5, 0.6) is 0 Å². The Balaban J connectivity index is 2.52. The van der Waals surface area contributed by atoms with Crippen LogP contribution in [-0.4, -0.2) is 19.9 Å². The van der Waals surface area contributed by atoms with Gasteiger partial charge in [0.15, 0.2) is 11.6 Å². The Hall–Kier alpha value is -1.75. The summed E-state index contributed by atoms with van der Waals surface area (Å²) in [6.45, 7) is 4.16. The van der Waals surface area contributed by atoms with Gasteiger partial charge in [-0.1, -0.05) is 0 Å². The highest BCUT2D eigenvalue weighted by Gasteiger charge is 2.12. The topological polar surface area (TPSA) is 50.9 Å². The van der Waals surface area contributed by atoms with E-state index in [1.54, 1.807) is 19.1 Å². The number of aryl methyl sites for hydroxylation is 1. The van der Waals surface area contributed by atoms with Gasteiger partial charge in [-0.25, -0.2) is 4.39 Å². The third-order valence-electron chi connectivity index (χ3n) is 2.70. The summed E-state index contributed by atoms with van der Waals surface area (Å²) >= 11 is 0. The molecule has 4 nitrogen and oxygen atoms in total. The highest BCUT2D eigenvalue weighted by molar-refractivity contribution is 5.56. The largest absolute Gasteiger partial charge is 0.388 e. The molecule has 0 spiro atoms. The van der Waals surface area contributed by atoms with Crippen LogP contribution >= 0.6 is 0 Å². The second kappa shape index (κ2) is 4.63. The van der Waals surface area contributed by atoms with E-state index in [9.17, 15) is 4.39 Å². The van der Waals surface area contributed by atoms with Crippen LogP contribution in [-0.2, 0) is 13.2 Å². The van der Waals surface area contributed by atoms with Crippen LogP contribution in [0.4, 0.5) is 4.39 Å². The van der Waals surface area contributed by atoms with Gasteiger partial charge in [-0.3, -0.25) is 0 Å². The van der Waals surface area contributed by atoms with Gasteiger partial charge >= 0.3 is 0 Å². The lowest BCUT2D eigenvalue weighted by atomic mass is 10.1. The van der Waals surface area contributed by atoms with Gasteiger partial charge in [0.25, 0.3) is 0 Å². The predicted molar refractivity (Wildman–Crippen MR) is 61.7 cm³/mol. The molecule has 2 rings (SSSR count). The molecule has 1 heterocycles. The lowest BCUT2D eigenvalue weighted by Crippen LogP contribution is -2.03. The van der Waals surface area contributed by atoms with Crippen molar-refractivity contribution in [1.29, 1.82) is 0 Å². The number of rotatable bonds is 3. The van der Waals surface area contributed by atoms with Crippen LogP contribution in [0.2, 0.25) is 0 Å². The molecule has 0 saturated carbocycles. The molecular formula is C12H14FN3O. The fourth-order valence-electron chi connectivity index (χ4n) is 1.78. The second-order valence-corrected chi connectivity index (χ2v) is 3.81. The highest BCUT2D eigenvalue weighted by atomic mass is 19.1. The molecule has 0 unspecified atom stereocenters. The number of aliphatic hydroxyl groups excluding tert-OH is 1. The predicted octanol–water partition coefficient (Wildman–Crippen LogP) is 1.90. The van der Waals surface area contributed by atoms with E-state index >= 15 is 0 Å². The highest BCUT2D eigenvalue weighted by Crippen LogP contribution is 2.21. The lowest BCUT2D eigenvalue weighted by Gasteiger charge is -2.07. The van der Waals surface area contributed by atoms with Crippen molar-refractivity contribution in [3.63, 3.8) is 0 Å². The van der Waals surface area contributed by atoms with E-state index in [1.165, 1.54) is 6.07 Å². The summed E-state index contributed by atoms with van der Waals surface area (Å²) < 4.78 is 15.0. The van der Waals surface area contributed by atoms with Crippen LogP contribution in [0.25, 0.3) is 11.4 Å². The molecule has 5 heteroatoms. The summed E-state index contributed by atoms with van der Waals surface area (Å²) in [7, 11) is 0. The van der Waals surface area contributed by atoms with Gasteiger partial charge in [-0.2, -0.15) is 0 Å². The molecule has 2 aromatic rings. The molecule has 1 aromatic carbocycles. The van der Waals surface area contributed by atoms with E-state index in [1.807, 2.05) is 11.5 Å². The minimum atomic E-state index is -0.237. The van der Waals surface area contributed by atoms with Crippen LogP contribution in [0.15, 0.2) is 18.2 Å². The van der Waals surface area contributed by atoms with Crippen molar-refractivity contribution in [3.05, 3.63) is 35.4 Å². The molecule has 1 N–H and O–H groups in total. The minimum absolute atomic E-state index is 0.152. The molecule has 0 bridgehead atoms. The Morgan fingerprint density at radius 1 is 1.35 bits per heavy atom. The molecule has 1 aromatic heterocycles. The molecule has 0 aliphatic heterocycles. The first-order chi connectivity index (χ1) is 8.17. The first-order valence-electron chi connectivity index (χ1n) is 5.46. The van der Waals surface area contributed by atoms with Crippen molar-refractivity contribution in [1.82, 2.24) is 14.8 Å². The number of hydrogen-bond donors (Lipinski definition) is 1. The van der Waals surface area contributed by atoms with Crippen LogP contribution in [0.1, 0.15) is 18.3 Å². The van der Waals surface area contributed by atoms with E-state index in [0.717, 1.165) is 5.56 Å².